The van der Waals surface area contributed by atoms with E-state index in [4.69, 9.17) is 4.74 Å². The number of ether oxygens (including phenoxy) is 1. The van der Waals surface area contributed by atoms with E-state index in [0.29, 0.717) is 5.69 Å². The molecule has 0 N–H and O–H groups in total. The molecule has 1 aromatic carbocycles. The predicted molar refractivity (Wildman–Crippen MR) is 129 cm³/mol. The maximum atomic E-state index is 12.6. The van der Waals surface area contributed by atoms with Crippen LogP contribution in [0.2, 0.25) is 0 Å². The smallest absolute Gasteiger partial charge is 0.357 e. The second kappa shape index (κ2) is 14.8. The van der Waals surface area contributed by atoms with Crippen molar-refractivity contribution in [2.75, 3.05) is 0 Å². The fourth-order valence-electron chi connectivity index (χ4n) is 3.86. The van der Waals surface area contributed by atoms with Gasteiger partial charge in [-0.3, -0.25) is 0 Å². The first-order valence-corrected chi connectivity index (χ1v) is 12.4. The number of benzene rings is 1. The molecule has 0 fully saturated rings. The quantitative estimate of drug-likeness (QED) is 0.215. The Morgan fingerprint density at radius 2 is 1.35 bits per heavy atom. The van der Waals surface area contributed by atoms with Crippen LogP contribution in [0, 0.1) is 0 Å². The Morgan fingerprint density at radius 1 is 0.774 bits per heavy atom. The molecule has 3 nitrogen and oxygen atoms in total. The van der Waals surface area contributed by atoms with E-state index in [9.17, 15) is 4.79 Å². The topological polar surface area (TPSA) is 39.2 Å². The first-order chi connectivity index (χ1) is 15.2. The monoisotopic (exact) mass is 423 g/mol. The number of rotatable bonds is 15. The number of aryl methyl sites for hydroxylation is 2. The van der Waals surface area contributed by atoms with Gasteiger partial charge in [0.1, 0.15) is 11.8 Å². The van der Waals surface area contributed by atoms with Crippen molar-refractivity contribution in [1.82, 2.24) is 4.98 Å². The van der Waals surface area contributed by atoms with Crippen LogP contribution in [-0.2, 0) is 17.6 Å². The molecule has 2 aromatic rings. The molecular weight excluding hydrogens is 382 g/mol. The molecule has 0 aliphatic carbocycles. The van der Waals surface area contributed by atoms with E-state index in [1.165, 1.54) is 68.9 Å². The summed E-state index contributed by atoms with van der Waals surface area (Å²) in [4.78, 5) is 17.0. The van der Waals surface area contributed by atoms with Gasteiger partial charge < -0.3 is 4.74 Å². The van der Waals surface area contributed by atoms with Crippen LogP contribution < -0.4 is 0 Å². The summed E-state index contributed by atoms with van der Waals surface area (Å²) in [5, 5.41) is 0. The third kappa shape index (κ3) is 9.25. The molecule has 0 saturated heterocycles. The third-order valence-corrected chi connectivity index (χ3v) is 5.89. The van der Waals surface area contributed by atoms with Gasteiger partial charge in [0.15, 0.2) is 0 Å². The van der Waals surface area contributed by atoms with E-state index < -0.39 is 0 Å². The first-order valence-electron chi connectivity index (χ1n) is 12.4. The molecule has 0 amide bonds. The van der Waals surface area contributed by atoms with Crippen molar-refractivity contribution in [3.8, 4) is 0 Å². The lowest BCUT2D eigenvalue weighted by atomic mass is 10.0. The second-order valence-corrected chi connectivity index (χ2v) is 8.57. The van der Waals surface area contributed by atoms with E-state index in [-0.39, 0.29) is 12.1 Å². The molecule has 1 atom stereocenters. The second-order valence-electron chi connectivity index (χ2n) is 8.57. The summed E-state index contributed by atoms with van der Waals surface area (Å²) in [6.45, 7) is 6.51. The highest BCUT2D eigenvalue weighted by Gasteiger charge is 2.17. The molecule has 1 unspecified atom stereocenters. The minimum absolute atomic E-state index is 0.235. The van der Waals surface area contributed by atoms with Gasteiger partial charge in [-0.1, -0.05) is 96.0 Å². The Hall–Kier alpha value is -2.16. The SMILES string of the molecule is CCCCCCCc1ccc(C(CC)OC(=O)c2ccc(CCCCCC)cn2)cc1. The molecule has 1 heterocycles. The highest BCUT2D eigenvalue weighted by atomic mass is 16.5. The van der Waals surface area contributed by atoms with Gasteiger partial charge in [-0.25, -0.2) is 9.78 Å². The molecule has 2 rings (SSSR count). The molecule has 1 aromatic heterocycles. The number of carbonyl (C=O) groups is 1. The van der Waals surface area contributed by atoms with Crippen LogP contribution in [0.1, 0.15) is 118 Å². The number of unbranched alkanes of at least 4 members (excludes halogenated alkanes) is 7. The molecular formula is C28H41NO2. The molecule has 0 spiro atoms. The summed E-state index contributed by atoms with van der Waals surface area (Å²) >= 11 is 0. The molecule has 0 saturated carbocycles. The number of hydrogen-bond acceptors (Lipinski definition) is 3. The number of aromatic nitrogens is 1. The van der Waals surface area contributed by atoms with E-state index in [0.717, 1.165) is 24.8 Å². The lowest BCUT2D eigenvalue weighted by Crippen LogP contribution is -2.12. The average molecular weight is 424 g/mol. The fraction of sp³-hybridized carbons (Fsp3) is 0.571. The lowest BCUT2D eigenvalue weighted by molar-refractivity contribution is 0.0281. The van der Waals surface area contributed by atoms with Crippen LogP contribution in [0.4, 0.5) is 0 Å². The normalized spacial score (nSPS) is 12.0. The van der Waals surface area contributed by atoms with Crippen molar-refractivity contribution in [1.29, 1.82) is 0 Å². The zero-order chi connectivity index (χ0) is 22.3. The summed E-state index contributed by atoms with van der Waals surface area (Å²) in [5.74, 6) is -0.343. The minimum Gasteiger partial charge on any atom is -0.453 e. The summed E-state index contributed by atoms with van der Waals surface area (Å²) in [6.07, 6.45) is 15.9. The van der Waals surface area contributed by atoms with Crippen LogP contribution in [0.5, 0.6) is 0 Å². The first kappa shape index (κ1) is 25.1. The van der Waals surface area contributed by atoms with Gasteiger partial charge in [0.2, 0.25) is 0 Å². The Morgan fingerprint density at radius 3 is 1.94 bits per heavy atom. The Bertz CT molecular complexity index is 737. The van der Waals surface area contributed by atoms with Crippen molar-refractivity contribution in [3.05, 3.63) is 65.0 Å². The standard InChI is InChI=1S/C28H41NO2/c1-4-7-9-11-13-14-23-16-19-25(20-17-23)27(6-3)31-28(30)26-21-18-24(22-29-26)15-12-10-8-5-2/h16-22,27H,4-15H2,1-3H3. The molecule has 170 valence electrons. The van der Waals surface area contributed by atoms with Crippen LogP contribution in [-0.4, -0.2) is 11.0 Å². The number of carbonyl (C=O) groups excluding carboxylic acids is 1. The Balaban J connectivity index is 1.85. The zero-order valence-electron chi connectivity index (χ0n) is 19.9. The van der Waals surface area contributed by atoms with Gasteiger partial charge in [0.25, 0.3) is 0 Å². The van der Waals surface area contributed by atoms with E-state index in [1.54, 1.807) is 6.07 Å². The summed E-state index contributed by atoms with van der Waals surface area (Å²) < 4.78 is 5.79. The third-order valence-electron chi connectivity index (χ3n) is 5.89. The van der Waals surface area contributed by atoms with Crippen molar-refractivity contribution < 1.29 is 9.53 Å². The van der Waals surface area contributed by atoms with Gasteiger partial charge in [-0.15, -0.1) is 0 Å². The van der Waals surface area contributed by atoms with E-state index >= 15 is 0 Å². The van der Waals surface area contributed by atoms with Crippen molar-refractivity contribution in [2.45, 2.75) is 104 Å². The highest BCUT2D eigenvalue weighted by Crippen LogP contribution is 2.23. The van der Waals surface area contributed by atoms with Crippen LogP contribution in [0.3, 0.4) is 0 Å². The fourth-order valence-corrected chi connectivity index (χ4v) is 3.86. The Kier molecular flexibility index (Phi) is 12.0. The predicted octanol–water partition coefficient (Wildman–Crippen LogP) is 8.03. The van der Waals surface area contributed by atoms with Gasteiger partial charge in [-0.05, 0) is 54.9 Å². The summed E-state index contributed by atoms with van der Waals surface area (Å²) in [7, 11) is 0. The number of esters is 1. The lowest BCUT2D eigenvalue weighted by Gasteiger charge is -2.17. The van der Waals surface area contributed by atoms with E-state index in [1.807, 2.05) is 19.2 Å². The average Bonchev–Trinajstić information content (AvgIpc) is 2.81. The number of hydrogen-bond donors (Lipinski definition) is 0. The molecule has 31 heavy (non-hydrogen) atoms. The summed E-state index contributed by atoms with van der Waals surface area (Å²) in [5.41, 5.74) is 3.99. The van der Waals surface area contributed by atoms with Crippen molar-refractivity contribution in [2.24, 2.45) is 0 Å². The zero-order valence-corrected chi connectivity index (χ0v) is 19.9. The van der Waals surface area contributed by atoms with Gasteiger partial charge >= 0.3 is 5.97 Å². The van der Waals surface area contributed by atoms with Crippen molar-refractivity contribution >= 4 is 5.97 Å². The molecule has 0 aliphatic heterocycles. The van der Waals surface area contributed by atoms with Crippen molar-refractivity contribution in [3.63, 3.8) is 0 Å². The molecule has 0 aliphatic rings. The number of nitrogens with zero attached hydrogens (tertiary/aromatic N) is 1. The van der Waals surface area contributed by atoms with E-state index in [2.05, 4.69) is 43.1 Å². The van der Waals surface area contributed by atoms with Crippen LogP contribution >= 0.6 is 0 Å². The van der Waals surface area contributed by atoms with Gasteiger partial charge in [0.05, 0.1) is 0 Å². The molecule has 3 heteroatoms. The summed E-state index contributed by atoms with van der Waals surface area (Å²) in [6, 6.07) is 12.4. The van der Waals surface area contributed by atoms with Gasteiger partial charge in [0, 0.05) is 6.20 Å². The maximum absolute atomic E-state index is 12.6. The molecule has 0 bridgehead atoms. The number of pyridine rings is 1. The minimum atomic E-state index is -0.343. The largest absolute Gasteiger partial charge is 0.453 e. The maximum Gasteiger partial charge on any atom is 0.357 e. The van der Waals surface area contributed by atoms with Crippen LogP contribution in [0.25, 0.3) is 0 Å². The Labute approximate surface area is 189 Å². The molecule has 0 radical (unpaired) electrons. The van der Waals surface area contributed by atoms with Gasteiger partial charge in [-0.2, -0.15) is 0 Å². The highest BCUT2D eigenvalue weighted by molar-refractivity contribution is 5.87. The van der Waals surface area contributed by atoms with Crippen LogP contribution in [0.15, 0.2) is 42.6 Å².